The number of esters is 1. The van der Waals surface area contributed by atoms with Crippen molar-refractivity contribution in [3.8, 4) is 0 Å². The Kier molecular flexibility index (Phi) is 6.26. The summed E-state index contributed by atoms with van der Waals surface area (Å²) in [7, 11) is 0. The minimum absolute atomic E-state index is 0.117. The summed E-state index contributed by atoms with van der Waals surface area (Å²) in [6.45, 7) is 8.04. The first kappa shape index (κ1) is 20.5. The highest BCUT2D eigenvalue weighted by atomic mass is 16.5. The van der Waals surface area contributed by atoms with Crippen LogP contribution in [0.25, 0.3) is 11.0 Å². The van der Waals surface area contributed by atoms with Gasteiger partial charge in [-0.15, -0.1) is 0 Å². The van der Waals surface area contributed by atoms with Gasteiger partial charge in [0.2, 0.25) is 0 Å². The van der Waals surface area contributed by atoms with E-state index in [0.717, 1.165) is 11.3 Å². The number of nitrogens with one attached hydrogen (secondary N) is 1. The molecule has 2 aromatic heterocycles. The van der Waals surface area contributed by atoms with Crippen molar-refractivity contribution in [2.24, 2.45) is 0 Å². The van der Waals surface area contributed by atoms with Crippen LogP contribution in [0.15, 0.2) is 42.6 Å². The van der Waals surface area contributed by atoms with Crippen LogP contribution in [-0.4, -0.2) is 33.2 Å². The van der Waals surface area contributed by atoms with E-state index in [1.807, 2.05) is 58.0 Å². The fourth-order valence-corrected chi connectivity index (χ4v) is 2.94. The quantitative estimate of drug-likeness (QED) is 0.619. The van der Waals surface area contributed by atoms with Gasteiger partial charge in [-0.25, -0.2) is 9.67 Å². The topological polar surface area (TPSA) is 86.1 Å². The minimum Gasteiger partial charge on any atom is -0.460 e. The standard InChI is InChI=1S/C22H26N4O3/c1-14(2)19-10-17(18-11-24-26(15(3)4)21(18)25-19)22(28)23-12-20(27)29-13-16-8-6-5-7-9-16/h5-11,14-15H,12-13H2,1-4H3,(H,23,28). The summed E-state index contributed by atoms with van der Waals surface area (Å²) in [5, 5.41) is 7.70. The highest BCUT2D eigenvalue weighted by Crippen LogP contribution is 2.24. The zero-order chi connectivity index (χ0) is 21.0. The van der Waals surface area contributed by atoms with Gasteiger partial charge < -0.3 is 10.1 Å². The molecule has 0 saturated carbocycles. The molecule has 1 aromatic carbocycles. The average molecular weight is 394 g/mol. The Balaban J connectivity index is 1.73. The summed E-state index contributed by atoms with van der Waals surface area (Å²) < 4.78 is 7.01. The van der Waals surface area contributed by atoms with E-state index in [4.69, 9.17) is 4.74 Å². The highest BCUT2D eigenvalue weighted by molar-refractivity contribution is 6.06. The van der Waals surface area contributed by atoms with Crippen LogP contribution in [0.4, 0.5) is 0 Å². The SMILES string of the molecule is CC(C)c1cc(C(=O)NCC(=O)OCc2ccccc2)c2cnn(C(C)C)c2n1. The van der Waals surface area contributed by atoms with Crippen molar-refractivity contribution in [1.82, 2.24) is 20.1 Å². The number of nitrogens with zero attached hydrogens (tertiary/aromatic N) is 3. The molecule has 0 unspecified atom stereocenters. The lowest BCUT2D eigenvalue weighted by atomic mass is 10.0. The largest absolute Gasteiger partial charge is 0.460 e. The van der Waals surface area contributed by atoms with Crippen molar-refractivity contribution < 1.29 is 14.3 Å². The molecule has 1 N–H and O–H groups in total. The number of pyridine rings is 1. The molecule has 29 heavy (non-hydrogen) atoms. The number of ether oxygens (including phenoxy) is 1. The van der Waals surface area contributed by atoms with Crippen LogP contribution in [0.1, 0.15) is 61.3 Å². The number of carbonyl (C=O) groups excluding carboxylic acids is 2. The second-order valence-corrected chi connectivity index (χ2v) is 7.50. The minimum atomic E-state index is -0.491. The molecule has 152 valence electrons. The number of fused-ring (bicyclic) bond motifs is 1. The van der Waals surface area contributed by atoms with Crippen LogP contribution in [0.2, 0.25) is 0 Å². The maximum absolute atomic E-state index is 12.8. The van der Waals surface area contributed by atoms with Crippen LogP contribution in [-0.2, 0) is 16.1 Å². The number of hydrogen-bond donors (Lipinski definition) is 1. The molecule has 7 nitrogen and oxygen atoms in total. The van der Waals surface area contributed by atoms with E-state index in [9.17, 15) is 9.59 Å². The number of benzene rings is 1. The number of amides is 1. The molecular formula is C22H26N4O3. The van der Waals surface area contributed by atoms with Gasteiger partial charge in [-0.3, -0.25) is 9.59 Å². The van der Waals surface area contributed by atoms with Gasteiger partial charge in [0.05, 0.1) is 17.1 Å². The fraction of sp³-hybridized carbons (Fsp3) is 0.364. The normalized spacial score (nSPS) is 11.2. The molecule has 2 heterocycles. The number of carbonyl (C=O) groups is 2. The molecule has 0 saturated heterocycles. The second-order valence-electron chi connectivity index (χ2n) is 7.50. The Morgan fingerprint density at radius 3 is 2.52 bits per heavy atom. The van der Waals surface area contributed by atoms with E-state index < -0.39 is 5.97 Å². The Morgan fingerprint density at radius 2 is 1.86 bits per heavy atom. The fourth-order valence-electron chi connectivity index (χ4n) is 2.94. The first-order valence-corrected chi connectivity index (χ1v) is 9.72. The Morgan fingerprint density at radius 1 is 1.14 bits per heavy atom. The summed E-state index contributed by atoms with van der Waals surface area (Å²) in [5.41, 5.74) is 2.83. The van der Waals surface area contributed by atoms with Crippen molar-refractivity contribution in [1.29, 1.82) is 0 Å². The Hall–Kier alpha value is -3.22. The molecule has 0 radical (unpaired) electrons. The molecule has 0 aliphatic rings. The van der Waals surface area contributed by atoms with Crippen LogP contribution in [0.3, 0.4) is 0 Å². The van der Waals surface area contributed by atoms with Crippen molar-refractivity contribution in [2.75, 3.05) is 6.54 Å². The molecule has 7 heteroatoms. The Labute approximate surface area is 170 Å². The summed E-state index contributed by atoms with van der Waals surface area (Å²) >= 11 is 0. The zero-order valence-corrected chi connectivity index (χ0v) is 17.2. The predicted molar refractivity (Wildman–Crippen MR) is 111 cm³/mol. The van der Waals surface area contributed by atoms with Gasteiger partial charge in [-0.1, -0.05) is 44.2 Å². The van der Waals surface area contributed by atoms with Gasteiger partial charge in [0.1, 0.15) is 13.2 Å². The number of aromatic nitrogens is 3. The maximum Gasteiger partial charge on any atom is 0.325 e. The van der Waals surface area contributed by atoms with Gasteiger partial charge in [-0.2, -0.15) is 5.10 Å². The van der Waals surface area contributed by atoms with Gasteiger partial charge in [0.15, 0.2) is 5.65 Å². The lowest BCUT2D eigenvalue weighted by molar-refractivity contribution is -0.143. The van der Waals surface area contributed by atoms with Crippen LogP contribution >= 0.6 is 0 Å². The van der Waals surface area contributed by atoms with Crippen molar-refractivity contribution in [3.63, 3.8) is 0 Å². The molecule has 0 bridgehead atoms. The third kappa shape index (κ3) is 4.80. The second kappa shape index (κ2) is 8.86. The lowest BCUT2D eigenvalue weighted by Crippen LogP contribution is -2.30. The third-order valence-electron chi connectivity index (χ3n) is 4.55. The van der Waals surface area contributed by atoms with Crippen LogP contribution in [0.5, 0.6) is 0 Å². The van der Waals surface area contributed by atoms with E-state index in [2.05, 4.69) is 15.4 Å². The van der Waals surface area contributed by atoms with Gasteiger partial charge in [0.25, 0.3) is 5.91 Å². The summed E-state index contributed by atoms with van der Waals surface area (Å²) in [5.74, 6) is -0.689. The number of rotatable bonds is 7. The van der Waals surface area contributed by atoms with Gasteiger partial charge in [-0.05, 0) is 31.4 Å². The van der Waals surface area contributed by atoms with Crippen LogP contribution < -0.4 is 5.32 Å². The molecule has 0 spiro atoms. The monoisotopic (exact) mass is 394 g/mol. The maximum atomic E-state index is 12.8. The molecule has 0 fully saturated rings. The van der Waals surface area contributed by atoms with E-state index in [0.29, 0.717) is 16.6 Å². The Bertz CT molecular complexity index is 1010. The number of hydrogen-bond acceptors (Lipinski definition) is 5. The third-order valence-corrected chi connectivity index (χ3v) is 4.55. The van der Waals surface area contributed by atoms with Crippen LogP contribution in [0, 0.1) is 0 Å². The first-order valence-electron chi connectivity index (χ1n) is 9.72. The molecule has 3 aromatic rings. The highest BCUT2D eigenvalue weighted by Gasteiger charge is 2.19. The average Bonchev–Trinajstić information content (AvgIpc) is 3.14. The molecule has 0 aliphatic carbocycles. The van der Waals surface area contributed by atoms with E-state index in [1.54, 1.807) is 16.9 Å². The van der Waals surface area contributed by atoms with Crippen molar-refractivity contribution in [2.45, 2.75) is 46.3 Å². The van der Waals surface area contributed by atoms with E-state index in [-0.39, 0.29) is 31.0 Å². The molecule has 1 amide bonds. The lowest BCUT2D eigenvalue weighted by Gasteiger charge is -2.12. The summed E-state index contributed by atoms with van der Waals surface area (Å²) in [4.78, 5) is 29.5. The summed E-state index contributed by atoms with van der Waals surface area (Å²) in [6, 6.07) is 11.3. The van der Waals surface area contributed by atoms with Gasteiger partial charge >= 0.3 is 5.97 Å². The van der Waals surface area contributed by atoms with Crippen molar-refractivity contribution in [3.05, 3.63) is 59.4 Å². The molecular weight excluding hydrogens is 368 g/mol. The van der Waals surface area contributed by atoms with E-state index >= 15 is 0 Å². The smallest absolute Gasteiger partial charge is 0.325 e. The predicted octanol–water partition coefficient (Wildman–Crippen LogP) is 3.61. The van der Waals surface area contributed by atoms with E-state index in [1.165, 1.54) is 0 Å². The van der Waals surface area contributed by atoms with Crippen molar-refractivity contribution >= 4 is 22.9 Å². The zero-order valence-electron chi connectivity index (χ0n) is 17.2. The summed E-state index contributed by atoms with van der Waals surface area (Å²) in [6.07, 6.45) is 1.65. The van der Waals surface area contributed by atoms with Gasteiger partial charge in [0, 0.05) is 11.7 Å². The molecule has 0 aliphatic heterocycles. The first-order chi connectivity index (χ1) is 13.9. The molecule has 0 atom stereocenters. The molecule has 3 rings (SSSR count).